The van der Waals surface area contributed by atoms with Gasteiger partial charge in [-0.3, -0.25) is 0 Å². The van der Waals surface area contributed by atoms with Gasteiger partial charge in [0.2, 0.25) is 0 Å². The van der Waals surface area contributed by atoms with Gasteiger partial charge in [-0.15, -0.1) is 0 Å². The van der Waals surface area contributed by atoms with E-state index in [1.54, 1.807) is 0 Å². The molecule has 0 radical (unpaired) electrons. The van der Waals surface area contributed by atoms with E-state index >= 15 is 0 Å². The Balaban J connectivity index is 3.96. The van der Waals surface area contributed by atoms with Crippen molar-refractivity contribution >= 4 is 0 Å². The van der Waals surface area contributed by atoms with Crippen LogP contribution in [0.4, 0.5) is 0 Å². The molecule has 0 aliphatic carbocycles. The first-order chi connectivity index (χ1) is 6.98. The second-order valence-corrected chi connectivity index (χ2v) is 5.47. The number of hydrogen-bond donors (Lipinski definition) is 2. The molecule has 0 aromatic heterocycles. The molecule has 15 heavy (non-hydrogen) atoms. The number of hydrogen-bond acceptors (Lipinski definition) is 2. The highest BCUT2D eigenvalue weighted by Gasteiger charge is 2.31. The average molecular weight is 216 g/mol. The minimum Gasteiger partial charge on any atom is -0.396 e. The first kappa shape index (κ1) is 14.9. The van der Waals surface area contributed by atoms with Crippen molar-refractivity contribution in [2.24, 2.45) is 17.3 Å². The Kier molecular flexibility index (Phi) is 7.20. The molecule has 0 unspecified atom stereocenters. The van der Waals surface area contributed by atoms with E-state index in [4.69, 9.17) is 0 Å². The summed E-state index contributed by atoms with van der Waals surface area (Å²) in [5, 5.41) is 18.8. The van der Waals surface area contributed by atoms with Crippen molar-refractivity contribution in [2.45, 2.75) is 53.4 Å². The Morgan fingerprint density at radius 2 is 1.47 bits per heavy atom. The molecule has 92 valence electrons. The predicted molar refractivity (Wildman–Crippen MR) is 64.7 cm³/mol. The van der Waals surface area contributed by atoms with Crippen molar-refractivity contribution in [1.82, 2.24) is 0 Å². The summed E-state index contributed by atoms with van der Waals surface area (Å²) in [6.07, 6.45) is 4.49. The molecule has 0 aliphatic heterocycles. The summed E-state index contributed by atoms with van der Waals surface area (Å²) in [5.41, 5.74) is -0.267. The molecule has 0 fully saturated rings. The molecule has 0 bridgehead atoms. The minimum absolute atomic E-state index is 0.100. The largest absolute Gasteiger partial charge is 0.396 e. The number of aliphatic hydroxyl groups is 2. The monoisotopic (exact) mass is 216 g/mol. The molecule has 0 aromatic carbocycles. The lowest BCUT2D eigenvalue weighted by atomic mass is 9.74. The van der Waals surface area contributed by atoms with Gasteiger partial charge in [0.1, 0.15) is 0 Å². The van der Waals surface area contributed by atoms with Crippen molar-refractivity contribution in [3.63, 3.8) is 0 Å². The maximum Gasteiger partial charge on any atom is 0.0511 e. The Hall–Kier alpha value is -0.0800. The second kappa shape index (κ2) is 7.24. The molecular weight excluding hydrogens is 188 g/mol. The van der Waals surface area contributed by atoms with E-state index in [1.807, 2.05) is 0 Å². The first-order valence-electron chi connectivity index (χ1n) is 6.20. The lowest BCUT2D eigenvalue weighted by Gasteiger charge is -2.34. The molecule has 0 saturated heterocycles. The molecule has 0 saturated carbocycles. The summed E-state index contributed by atoms with van der Waals surface area (Å²) in [7, 11) is 0. The van der Waals surface area contributed by atoms with Gasteiger partial charge in [-0.2, -0.15) is 0 Å². The zero-order valence-electron chi connectivity index (χ0n) is 10.8. The predicted octanol–water partition coefficient (Wildman–Crippen LogP) is 2.83. The molecule has 0 rings (SSSR count). The summed E-state index contributed by atoms with van der Waals surface area (Å²) < 4.78 is 0. The third-order valence-electron chi connectivity index (χ3n) is 3.56. The molecular formula is C13H28O2. The Morgan fingerprint density at radius 1 is 0.933 bits per heavy atom. The molecule has 2 heteroatoms. The topological polar surface area (TPSA) is 40.5 Å². The second-order valence-electron chi connectivity index (χ2n) is 5.47. The van der Waals surface area contributed by atoms with E-state index in [-0.39, 0.29) is 18.6 Å². The van der Waals surface area contributed by atoms with Crippen LogP contribution >= 0.6 is 0 Å². The zero-order valence-corrected chi connectivity index (χ0v) is 10.8. The van der Waals surface area contributed by atoms with Crippen molar-refractivity contribution in [3.8, 4) is 0 Å². The average Bonchev–Trinajstić information content (AvgIpc) is 2.18. The van der Waals surface area contributed by atoms with Crippen LogP contribution in [0.15, 0.2) is 0 Å². The van der Waals surface area contributed by atoms with Crippen molar-refractivity contribution in [1.29, 1.82) is 0 Å². The Labute approximate surface area is 94.7 Å². The highest BCUT2D eigenvalue weighted by molar-refractivity contribution is 4.81. The molecule has 0 spiro atoms. The van der Waals surface area contributed by atoms with Crippen LogP contribution < -0.4 is 0 Å². The third kappa shape index (κ3) is 4.98. The molecule has 0 aromatic rings. The summed E-state index contributed by atoms with van der Waals surface area (Å²) in [6, 6.07) is 0. The number of rotatable bonds is 8. The van der Waals surface area contributed by atoms with Gasteiger partial charge in [0.05, 0.1) is 13.2 Å². The van der Waals surface area contributed by atoms with Crippen molar-refractivity contribution < 1.29 is 10.2 Å². The fraction of sp³-hybridized carbons (Fsp3) is 1.00. The number of aliphatic hydroxyl groups excluding tert-OH is 2. The van der Waals surface area contributed by atoms with Crippen LogP contribution in [0.25, 0.3) is 0 Å². The normalized spacial score (nSPS) is 12.8. The fourth-order valence-corrected chi connectivity index (χ4v) is 1.89. The van der Waals surface area contributed by atoms with Gasteiger partial charge in [0, 0.05) is 5.41 Å². The van der Waals surface area contributed by atoms with Gasteiger partial charge >= 0.3 is 0 Å². The molecule has 0 atom stereocenters. The zero-order chi connectivity index (χ0) is 11.9. The molecule has 2 nitrogen and oxygen atoms in total. The maximum absolute atomic E-state index is 9.40. The maximum atomic E-state index is 9.40. The Morgan fingerprint density at radius 3 is 1.80 bits per heavy atom. The van der Waals surface area contributed by atoms with Crippen LogP contribution in [-0.4, -0.2) is 23.4 Å². The lowest BCUT2D eigenvalue weighted by Crippen LogP contribution is -2.35. The van der Waals surface area contributed by atoms with Crippen LogP contribution in [0.3, 0.4) is 0 Å². The number of unbranched alkanes of at least 4 members (excludes halogenated alkanes) is 1. The Bertz CT molecular complexity index is 149. The smallest absolute Gasteiger partial charge is 0.0511 e. The van der Waals surface area contributed by atoms with Crippen molar-refractivity contribution in [3.05, 3.63) is 0 Å². The van der Waals surface area contributed by atoms with Gasteiger partial charge in [0.15, 0.2) is 0 Å². The van der Waals surface area contributed by atoms with Crippen LogP contribution in [0, 0.1) is 17.3 Å². The minimum atomic E-state index is -0.267. The standard InChI is InChI=1S/C13H28O2/c1-11(2)7-5-6-8-13(9-14,10-15)12(3)4/h11-12,14-15H,5-10H2,1-4H3. The molecule has 0 aliphatic rings. The van der Waals surface area contributed by atoms with Crippen LogP contribution in [0.2, 0.25) is 0 Å². The summed E-state index contributed by atoms with van der Waals surface area (Å²) in [4.78, 5) is 0. The summed E-state index contributed by atoms with van der Waals surface area (Å²) >= 11 is 0. The van der Waals surface area contributed by atoms with E-state index in [9.17, 15) is 10.2 Å². The summed E-state index contributed by atoms with van der Waals surface area (Å²) in [6.45, 7) is 8.82. The van der Waals surface area contributed by atoms with E-state index in [2.05, 4.69) is 27.7 Å². The van der Waals surface area contributed by atoms with Crippen LogP contribution in [-0.2, 0) is 0 Å². The SMILES string of the molecule is CC(C)CCCCC(CO)(CO)C(C)C. The lowest BCUT2D eigenvalue weighted by molar-refractivity contribution is 0.00675. The fourth-order valence-electron chi connectivity index (χ4n) is 1.89. The van der Waals surface area contributed by atoms with E-state index in [1.165, 1.54) is 12.8 Å². The summed E-state index contributed by atoms with van der Waals surface area (Å²) in [5.74, 6) is 1.09. The van der Waals surface area contributed by atoms with Gasteiger partial charge in [-0.05, 0) is 18.3 Å². The van der Waals surface area contributed by atoms with Gasteiger partial charge in [-0.25, -0.2) is 0 Å². The molecule has 2 N–H and O–H groups in total. The highest BCUT2D eigenvalue weighted by Crippen LogP contribution is 2.32. The van der Waals surface area contributed by atoms with E-state index in [0.717, 1.165) is 18.8 Å². The molecule has 0 amide bonds. The third-order valence-corrected chi connectivity index (χ3v) is 3.56. The van der Waals surface area contributed by atoms with Crippen LogP contribution in [0.1, 0.15) is 53.4 Å². The van der Waals surface area contributed by atoms with Crippen molar-refractivity contribution in [2.75, 3.05) is 13.2 Å². The molecule has 0 heterocycles. The van der Waals surface area contributed by atoms with E-state index < -0.39 is 0 Å². The van der Waals surface area contributed by atoms with Gasteiger partial charge in [0.25, 0.3) is 0 Å². The van der Waals surface area contributed by atoms with Gasteiger partial charge < -0.3 is 10.2 Å². The van der Waals surface area contributed by atoms with Gasteiger partial charge in [-0.1, -0.05) is 47.0 Å². The first-order valence-corrected chi connectivity index (χ1v) is 6.20. The quantitative estimate of drug-likeness (QED) is 0.613. The highest BCUT2D eigenvalue weighted by atomic mass is 16.3. The van der Waals surface area contributed by atoms with Crippen LogP contribution in [0.5, 0.6) is 0 Å². The van der Waals surface area contributed by atoms with E-state index in [0.29, 0.717) is 5.92 Å².